The summed E-state index contributed by atoms with van der Waals surface area (Å²) in [6.45, 7) is 1.71. The Morgan fingerprint density at radius 3 is 2.65 bits per heavy atom. The summed E-state index contributed by atoms with van der Waals surface area (Å²) in [5, 5.41) is 2.80. The molecule has 2 rings (SSSR count). The number of hydrogen-bond acceptors (Lipinski definition) is 1. The molecule has 1 amide bonds. The lowest BCUT2D eigenvalue weighted by atomic mass is 9.88. The Morgan fingerprint density at radius 1 is 1.29 bits per heavy atom. The van der Waals surface area contributed by atoms with Crippen molar-refractivity contribution in [3.63, 3.8) is 0 Å². The molecule has 0 aromatic heterocycles. The van der Waals surface area contributed by atoms with Gasteiger partial charge in [-0.1, -0.05) is 25.3 Å². The minimum atomic E-state index is -0.272. The van der Waals surface area contributed by atoms with Gasteiger partial charge in [0.2, 0.25) is 5.91 Å². The van der Waals surface area contributed by atoms with E-state index in [-0.39, 0.29) is 17.6 Å². The van der Waals surface area contributed by atoms with Gasteiger partial charge in [-0.25, -0.2) is 4.39 Å². The standard InChI is InChI=1S/C14H18FNO/c1-10-7-8-12(9-13(10)15)16-14(17)11-5-3-2-4-6-11/h7-9,11H,2-6H2,1H3,(H,16,17). The fraction of sp³-hybridized carbons (Fsp3) is 0.500. The molecular formula is C14H18FNO. The van der Waals surface area contributed by atoms with Crippen LogP contribution in [0, 0.1) is 18.7 Å². The highest BCUT2D eigenvalue weighted by Gasteiger charge is 2.21. The first-order valence-electron chi connectivity index (χ1n) is 6.24. The van der Waals surface area contributed by atoms with Gasteiger partial charge in [0.15, 0.2) is 0 Å². The Labute approximate surface area is 101 Å². The van der Waals surface area contributed by atoms with Crippen LogP contribution in [-0.2, 0) is 4.79 Å². The summed E-state index contributed by atoms with van der Waals surface area (Å²) < 4.78 is 13.3. The van der Waals surface area contributed by atoms with E-state index >= 15 is 0 Å². The van der Waals surface area contributed by atoms with Crippen LogP contribution >= 0.6 is 0 Å². The van der Waals surface area contributed by atoms with E-state index in [2.05, 4.69) is 5.32 Å². The summed E-state index contributed by atoms with van der Waals surface area (Å²) in [4.78, 5) is 11.9. The number of rotatable bonds is 2. The average molecular weight is 235 g/mol. The molecule has 3 heteroatoms. The largest absolute Gasteiger partial charge is 0.326 e. The number of anilines is 1. The number of halogens is 1. The fourth-order valence-electron chi connectivity index (χ4n) is 2.28. The van der Waals surface area contributed by atoms with Crippen molar-refractivity contribution in [2.45, 2.75) is 39.0 Å². The molecule has 1 saturated carbocycles. The lowest BCUT2D eigenvalue weighted by molar-refractivity contribution is -0.120. The van der Waals surface area contributed by atoms with Crippen LogP contribution in [0.4, 0.5) is 10.1 Å². The number of nitrogens with one attached hydrogen (secondary N) is 1. The van der Waals surface area contributed by atoms with Gasteiger partial charge in [0, 0.05) is 11.6 Å². The maximum Gasteiger partial charge on any atom is 0.227 e. The first kappa shape index (κ1) is 12.1. The molecule has 0 saturated heterocycles. The summed E-state index contributed by atoms with van der Waals surface area (Å²) in [7, 11) is 0. The number of benzene rings is 1. The minimum absolute atomic E-state index is 0.0351. The molecule has 1 fully saturated rings. The molecule has 0 bridgehead atoms. The molecule has 92 valence electrons. The van der Waals surface area contributed by atoms with E-state index in [1.165, 1.54) is 12.5 Å². The zero-order valence-electron chi connectivity index (χ0n) is 10.1. The molecule has 0 unspecified atom stereocenters. The van der Waals surface area contributed by atoms with Gasteiger partial charge in [0.1, 0.15) is 5.82 Å². The second-order valence-corrected chi connectivity index (χ2v) is 4.79. The summed E-state index contributed by atoms with van der Waals surface area (Å²) in [5.41, 5.74) is 1.16. The summed E-state index contributed by atoms with van der Waals surface area (Å²) >= 11 is 0. The molecule has 1 N–H and O–H groups in total. The molecule has 1 aliphatic rings. The zero-order valence-corrected chi connectivity index (χ0v) is 10.1. The second-order valence-electron chi connectivity index (χ2n) is 4.79. The number of carbonyl (C=O) groups is 1. The maximum atomic E-state index is 13.3. The summed E-state index contributed by atoms with van der Waals surface area (Å²) in [5.74, 6) is -0.132. The molecule has 1 aromatic carbocycles. The maximum absolute atomic E-state index is 13.3. The fourth-order valence-corrected chi connectivity index (χ4v) is 2.28. The first-order chi connectivity index (χ1) is 8.16. The van der Waals surface area contributed by atoms with Crippen LogP contribution in [0.15, 0.2) is 18.2 Å². The van der Waals surface area contributed by atoms with Crippen molar-refractivity contribution < 1.29 is 9.18 Å². The average Bonchev–Trinajstić information content (AvgIpc) is 2.35. The molecule has 0 heterocycles. The molecule has 0 spiro atoms. The monoisotopic (exact) mass is 235 g/mol. The van der Waals surface area contributed by atoms with Gasteiger partial charge in [0.05, 0.1) is 0 Å². The number of aryl methyl sites for hydroxylation is 1. The molecule has 0 atom stereocenters. The number of amides is 1. The predicted octanol–water partition coefficient (Wildman–Crippen LogP) is 3.65. The van der Waals surface area contributed by atoms with Gasteiger partial charge in [-0.15, -0.1) is 0 Å². The van der Waals surface area contributed by atoms with Gasteiger partial charge >= 0.3 is 0 Å². The van der Waals surface area contributed by atoms with Crippen LogP contribution in [0.5, 0.6) is 0 Å². The molecule has 2 nitrogen and oxygen atoms in total. The van der Waals surface area contributed by atoms with Gasteiger partial charge in [-0.2, -0.15) is 0 Å². The summed E-state index contributed by atoms with van der Waals surface area (Å²) in [6, 6.07) is 4.82. The van der Waals surface area contributed by atoms with Crippen LogP contribution in [0.2, 0.25) is 0 Å². The highest BCUT2D eigenvalue weighted by Crippen LogP contribution is 2.25. The third-order valence-electron chi connectivity index (χ3n) is 3.42. The third kappa shape index (κ3) is 3.05. The molecular weight excluding hydrogens is 217 g/mol. The van der Waals surface area contributed by atoms with Crippen LogP contribution in [0.1, 0.15) is 37.7 Å². The zero-order chi connectivity index (χ0) is 12.3. The van der Waals surface area contributed by atoms with E-state index in [1.807, 2.05) is 0 Å². The van der Waals surface area contributed by atoms with Crippen LogP contribution < -0.4 is 5.32 Å². The van der Waals surface area contributed by atoms with Crippen molar-refractivity contribution in [2.75, 3.05) is 5.32 Å². The van der Waals surface area contributed by atoms with Crippen LogP contribution in [0.3, 0.4) is 0 Å². The molecule has 0 radical (unpaired) electrons. The van der Waals surface area contributed by atoms with E-state index in [9.17, 15) is 9.18 Å². The van der Waals surface area contributed by atoms with Crippen molar-refractivity contribution in [3.8, 4) is 0 Å². The normalized spacial score (nSPS) is 16.8. The van der Waals surface area contributed by atoms with Crippen molar-refractivity contribution in [2.24, 2.45) is 5.92 Å². The van der Waals surface area contributed by atoms with Crippen LogP contribution in [0.25, 0.3) is 0 Å². The highest BCUT2D eigenvalue weighted by molar-refractivity contribution is 5.92. The van der Waals surface area contributed by atoms with Gasteiger partial charge in [-0.05, 0) is 37.5 Å². The van der Waals surface area contributed by atoms with E-state index in [1.54, 1.807) is 19.1 Å². The van der Waals surface area contributed by atoms with Gasteiger partial charge in [0.25, 0.3) is 0 Å². The summed E-state index contributed by atoms with van der Waals surface area (Å²) in [6.07, 6.45) is 5.39. The predicted molar refractivity (Wildman–Crippen MR) is 66.3 cm³/mol. The Bertz CT molecular complexity index is 411. The third-order valence-corrected chi connectivity index (χ3v) is 3.42. The highest BCUT2D eigenvalue weighted by atomic mass is 19.1. The van der Waals surface area contributed by atoms with Crippen molar-refractivity contribution in [3.05, 3.63) is 29.6 Å². The lowest BCUT2D eigenvalue weighted by Crippen LogP contribution is -2.24. The van der Waals surface area contributed by atoms with Crippen molar-refractivity contribution in [1.29, 1.82) is 0 Å². The van der Waals surface area contributed by atoms with E-state index in [0.29, 0.717) is 11.3 Å². The smallest absolute Gasteiger partial charge is 0.227 e. The molecule has 17 heavy (non-hydrogen) atoms. The Hall–Kier alpha value is -1.38. The second kappa shape index (κ2) is 5.30. The molecule has 0 aliphatic heterocycles. The lowest BCUT2D eigenvalue weighted by Gasteiger charge is -2.20. The van der Waals surface area contributed by atoms with Gasteiger partial charge in [-0.3, -0.25) is 4.79 Å². The topological polar surface area (TPSA) is 29.1 Å². The van der Waals surface area contributed by atoms with E-state index < -0.39 is 0 Å². The van der Waals surface area contributed by atoms with Gasteiger partial charge < -0.3 is 5.32 Å². The number of carbonyl (C=O) groups excluding carboxylic acids is 1. The SMILES string of the molecule is Cc1ccc(NC(=O)C2CCCCC2)cc1F. The van der Waals surface area contributed by atoms with Crippen LogP contribution in [-0.4, -0.2) is 5.91 Å². The first-order valence-corrected chi connectivity index (χ1v) is 6.24. The van der Waals surface area contributed by atoms with Crippen molar-refractivity contribution >= 4 is 11.6 Å². The Balaban J connectivity index is 1.99. The Morgan fingerprint density at radius 2 is 2.00 bits per heavy atom. The Kier molecular flexibility index (Phi) is 3.77. The minimum Gasteiger partial charge on any atom is -0.326 e. The quantitative estimate of drug-likeness (QED) is 0.832. The molecule has 1 aliphatic carbocycles. The molecule has 1 aromatic rings. The van der Waals surface area contributed by atoms with Crippen molar-refractivity contribution in [1.82, 2.24) is 0 Å². The number of hydrogen-bond donors (Lipinski definition) is 1. The van der Waals surface area contributed by atoms with E-state index in [4.69, 9.17) is 0 Å². The van der Waals surface area contributed by atoms with E-state index in [0.717, 1.165) is 25.7 Å².